The molecule has 0 aromatic carbocycles. The molecular formula is C3H7OS-. The van der Waals surface area contributed by atoms with E-state index in [9.17, 15) is 4.79 Å². The maximum absolute atomic E-state index is 9.17. The van der Waals surface area contributed by atoms with Gasteiger partial charge in [0.05, 0.1) is 0 Å². The van der Waals surface area contributed by atoms with E-state index in [0.29, 0.717) is 6.42 Å². The number of thiol groups is 1. The lowest BCUT2D eigenvalue weighted by molar-refractivity contribution is -0.107. The van der Waals surface area contributed by atoms with Crippen LogP contribution < -0.4 is 0 Å². The summed E-state index contributed by atoms with van der Waals surface area (Å²) in [6.07, 6.45) is 1.51. The van der Waals surface area contributed by atoms with Gasteiger partial charge in [0.25, 0.3) is 0 Å². The first-order chi connectivity index (χ1) is 1.91. The number of carbonyl (C=O) groups is 1. The van der Waals surface area contributed by atoms with Crippen LogP contribution in [0.1, 0.15) is 13.3 Å². The maximum Gasteiger partial charge on any atom is 0.119 e. The highest BCUT2D eigenvalue weighted by atomic mass is 32.1. The lowest BCUT2D eigenvalue weighted by Crippen LogP contribution is -1.55. The van der Waals surface area contributed by atoms with Crippen molar-refractivity contribution in [2.24, 2.45) is 0 Å². The molecule has 0 aromatic rings. The van der Waals surface area contributed by atoms with Crippen LogP contribution in [0.3, 0.4) is 0 Å². The Morgan fingerprint density at radius 2 is 2.00 bits per heavy atom. The molecule has 0 aliphatic rings. The van der Waals surface area contributed by atoms with Crippen LogP contribution in [0.4, 0.5) is 0 Å². The summed E-state index contributed by atoms with van der Waals surface area (Å²) in [6, 6.07) is 0. The van der Waals surface area contributed by atoms with Gasteiger partial charge in [-0.3, -0.25) is 0 Å². The minimum Gasteiger partial charge on any atom is -0.813 e. The molecule has 0 amide bonds. The van der Waals surface area contributed by atoms with Crippen LogP contribution in [0, 0.1) is 0 Å². The maximum atomic E-state index is 9.17. The van der Waals surface area contributed by atoms with Crippen LogP contribution in [0.15, 0.2) is 0 Å². The Bertz CT molecular complexity index is 20.9. The molecule has 1 nitrogen and oxygen atoms in total. The molecule has 0 aromatic heterocycles. The Hall–Kier alpha value is 0.0200. The molecule has 0 spiro atoms. The number of aldehydes is 1. The quantitative estimate of drug-likeness (QED) is 0.263. The molecule has 5 heavy (non-hydrogen) atoms. The van der Waals surface area contributed by atoms with Crippen molar-refractivity contribution in [3.63, 3.8) is 0 Å². The lowest BCUT2D eigenvalue weighted by Gasteiger charge is -1.51. The number of rotatable bonds is 1. The predicted molar refractivity (Wildman–Crippen MR) is 25.1 cm³/mol. The molecule has 0 atom stereocenters. The van der Waals surface area contributed by atoms with Crippen LogP contribution in [0.2, 0.25) is 0 Å². The number of carbonyl (C=O) groups excluding carboxylic acids is 1. The van der Waals surface area contributed by atoms with Gasteiger partial charge < -0.3 is 18.3 Å². The van der Waals surface area contributed by atoms with Gasteiger partial charge in [-0.1, -0.05) is 6.92 Å². The summed E-state index contributed by atoms with van der Waals surface area (Å²) < 4.78 is 0. The molecule has 0 rings (SSSR count). The van der Waals surface area contributed by atoms with E-state index in [0.717, 1.165) is 6.29 Å². The first-order valence-electron chi connectivity index (χ1n) is 1.35. The Labute approximate surface area is 38.8 Å². The molecule has 0 saturated heterocycles. The van der Waals surface area contributed by atoms with Crippen LogP contribution >= 0.6 is 0 Å². The van der Waals surface area contributed by atoms with Crippen molar-refractivity contribution in [2.45, 2.75) is 13.3 Å². The third-order valence-electron chi connectivity index (χ3n) is 0.167. The molecule has 0 N–H and O–H groups in total. The SMILES string of the molecule is CCC=O.[SH-]. The zero-order chi connectivity index (χ0) is 3.41. The topological polar surface area (TPSA) is 17.1 Å². The van der Waals surface area contributed by atoms with Crippen LogP contribution in [0.25, 0.3) is 0 Å². The largest absolute Gasteiger partial charge is 0.813 e. The fourth-order valence-corrected chi connectivity index (χ4v) is 0. The molecule has 0 heterocycles. The summed E-state index contributed by atoms with van der Waals surface area (Å²) in [4.78, 5) is 9.17. The van der Waals surface area contributed by atoms with E-state index in [1.807, 2.05) is 6.92 Å². The third-order valence-corrected chi connectivity index (χ3v) is 0.167. The smallest absolute Gasteiger partial charge is 0.119 e. The van der Waals surface area contributed by atoms with Crippen molar-refractivity contribution >= 4 is 19.8 Å². The van der Waals surface area contributed by atoms with Crippen LogP contribution in [-0.4, -0.2) is 6.29 Å². The van der Waals surface area contributed by atoms with Gasteiger partial charge in [0.15, 0.2) is 0 Å². The summed E-state index contributed by atoms with van der Waals surface area (Å²) in [7, 11) is 0. The molecule has 0 bridgehead atoms. The van der Waals surface area contributed by atoms with E-state index in [1.54, 1.807) is 0 Å². The van der Waals surface area contributed by atoms with Crippen molar-refractivity contribution < 1.29 is 4.79 Å². The van der Waals surface area contributed by atoms with E-state index in [4.69, 9.17) is 0 Å². The van der Waals surface area contributed by atoms with E-state index >= 15 is 0 Å². The first kappa shape index (κ1) is 8.89. The predicted octanol–water partition coefficient (Wildman–Crippen LogP) is 0.325. The third kappa shape index (κ3) is 15.8. The van der Waals surface area contributed by atoms with Gasteiger partial charge >= 0.3 is 0 Å². The summed E-state index contributed by atoms with van der Waals surface area (Å²) in [5, 5.41) is 0. The van der Waals surface area contributed by atoms with Crippen molar-refractivity contribution in [3.8, 4) is 0 Å². The van der Waals surface area contributed by atoms with Gasteiger partial charge in [0.1, 0.15) is 6.29 Å². The normalized spacial score (nSPS) is 5.00. The molecule has 32 valence electrons. The summed E-state index contributed by atoms with van der Waals surface area (Å²) in [6.45, 7) is 1.81. The fourth-order valence-electron chi connectivity index (χ4n) is 0. The lowest BCUT2D eigenvalue weighted by atomic mass is 10.6. The van der Waals surface area contributed by atoms with Crippen molar-refractivity contribution in [3.05, 3.63) is 0 Å². The Morgan fingerprint density at radius 3 is 2.00 bits per heavy atom. The highest BCUT2D eigenvalue weighted by Crippen LogP contribution is 1.53. The second-order valence-corrected chi connectivity index (χ2v) is 0.575. The Morgan fingerprint density at radius 1 is 1.80 bits per heavy atom. The second-order valence-electron chi connectivity index (χ2n) is 0.575. The highest BCUT2D eigenvalue weighted by molar-refractivity contribution is 7.37. The fraction of sp³-hybridized carbons (Fsp3) is 0.667. The number of hydrogen-bond donors (Lipinski definition) is 0. The second kappa shape index (κ2) is 8.99. The zero-order valence-corrected chi connectivity index (χ0v) is 4.03. The molecule has 0 aliphatic carbocycles. The summed E-state index contributed by atoms with van der Waals surface area (Å²) >= 11 is 0. The molecule has 2 heteroatoms. The highest BCUT2D eigenvalue weighted by Gasteiger charge is 1.52. The molecule has 0 fully saturated rings. The number of hydrogen-bond acceptors (Lipinski definition) is 2. The van der Waals surface area contributed by atoms with Gasteiger partial charge in [0.2, 0.25) is 0 Å². The monoisotopic (exact) mass is 91.0 g/mol. The minimum absolute atomic E-state index is 0. The average Bonchev–Trinajstić information content (AvgIpc) is 1.37. The summed E-state index contributed by atoms with van der Waals surface area (Å²) in [5.74, 6) is 0. The van der Waals surface area contributed by atoms with Crippen LogP contribution in [0.5, 0.6) is 0 Å². The van der Waals surface area contributed by atoms with Crippen molar-refractivity contribution in [2.75, 3.05) is 0 Å². The standard InChI is InChI=1S/C3H6O.H2S/c1-2-3-4;/h3H,2H2,1H3;1H2/p-1. The van der Waals surface area contributed by atoms with Crippen LogP contribution in [-0.2, 0) is 18.3 Å². The molecule has 0 unspecified atom stereocenters. The van der Waals surface area contributed by atoms with E-state index in [-0.39, 0.29) is 13.5 Å². The van der Waals surface area contributed by atoms with E-state index in [1.165, 1.54) is 0 Å². The van der Waals surface area contributed by atoms with E-state index in [2.05, 4.69) is 0 Å². The zero-order valence-electron chi connectivity index (χ0n) is 3.14. The van der Waals surface area contributed by atoms with E-state index < -0.39 is 0 Å². The molecule has 0 aliphatic heterocycles. The minimum atomic E-state index is 0. The van der Waals surface area contributed by atoms with Crippen molar-refractivity contribution in [1.29, 1.82) is 0 Å². The first-order valence-corrected chi connectivity index (χ1v) is 1.35. The van der Waals surface area contributed by atoms with Crippen molar-refractivity contribution in [1.82, 2.24) is 0 Å². The van der Waals surface area contributed by atoms with Gasteiger partial charge in [-0.05, 0) is 0 Å². The van der Waals surface area contributed by atoms with Gasteiger partial charge in [-0.25, -0.2) is 0 Å². The Kier molecular flexibility index (Phi) is 16.0. The Balaban J connectivity index is 0. The molecule has 0 radical (unpaired) electrons. The van der Waals surface area contributed by atoms with Gasteiger partial charge in [-0.15, -0.1) is 0 Å². The average molecular weight is 91.2 g/mol. The van der Waals surface area contributed by atoms with Gasteiger partial charge in [0, 0.05) is 6.42 Å². The summed E-state index contributed by atoms with van der Waals surface area (Å²) in [5.41, 5.74) is 0. The molecular weight excluding hydrogens is 84.1 g/mol. The molecule has 0 saturated carbocycles. The van der Waals surface area contributed by atoms with Gasteiger partial charge in [-0.2, -0.15) is 0 Å².